The number of hydrogen-bond donors (Lipinski definition) is 0. The molecule has 4 rings (SSSR count). The minimum absolute atomic E-state index is 0.186. The molecule has 0 bridgehead atoms. The van der Waals surface area contributed by atoms with E-state index in [2.05, 4.69) is 26.0 Å². The Kier molecular flexibility index (Phi) is 5.97. The minimum Gasteiger partial charge on any atom is -0.497 e. The van der Waals surface area contributed by atoms with Crippen molar-refractivity contribution in [2.24, 2.45) is 17.3 Å². The van der Waals surface area contributed by atoms with Crippen LogP contribution < -0.4 is 4.74 Å². The molecule has 4 heteroatoms. The Bertz CT molecular complexity index is 879. The van der Waals surface area contributed by atoms with Crippen molar-refractivity contribution in [2.45, 2.75) is 58.5 Å². The van der Waals surface area contributed by atoms with Gasteiger partial charge in [-0.1, -0.05) is 32.4 Å². The SMILES string of the molecule is CCCC1C2CCC3=CC(=O)CCC3=C2C(c2ccc(OC)cc2)OCC1(C)C=O. The van der Waals surface area contributed by atoms with Gasteiger partial charge in [0, 0.05) is 11.8 Å². The Morgan fingerprint density at radius 1 is 1.20 bits per heavy atom. The van der Waals surface area contributed by atoms with E-state index in [1.54, 1.807) is 7.11 Å². The van der Waals surface area contributed by atoms with Gasteiger partial charge in [0.1, 0.15) is 18.1 Å². The Morgan fingerprint density at radius 2 is 1.97 bits per heavy atom. The van der Waals surface area contributed by atoms with Crippen LogP contribution in [0.3, 0.4) is 0 Å². The summed E-state index contributed by atoms with van der Waals surface area (Å²) < 4.78 is 11.9. The first-order valence-corrected chi connectivity index (χ1v) is 11.2. The lowest BCUT2D eigenvalue weighted by atomic mass is 9.62. The number of methoxy groups -OCH3 is 1. The molecule has 1 aliphatic heterocycles. The summed E-state index contributed by atoms with van der Waals surface area (Å²) in [6.45, 7) is 4.68. The van der Waals surface area contributed by atoms with Crippen LogP contribution in [0.5, 0.6) is 5.75 Å². The van der Waals surface area contributed by atoms with Gasteiger partial charge in [0.15, 0.2) is 5.78 Å². The molecule has 3 aliphatic rings. The maximum atomic E-state index is 12.3. The zero-order valence-electron chi connectivity index (χ0n) is 18.3. The highest BCUT2D eigenvalue weighted by Crippen LogP contribution is 2.54. The molecule has 1 aromatic carbocycles. The van der Waals surface area contributed by atoms with Crippen molar-refractivity contribution in [3.8, 4) is 5.75 Å². The fraction of sp³-hybridized carbons (Fsp3) is 0.538. The summed E-state index contributed by atoms with van der Waals surface area (Å²) in [5.74, 6) is 1.60. The summed E-state index contributed by atoms with van der Waals surface area (Å²) in [6.07, 6.45) is 8.08. The molecule has 4 nitrogen and oxygen atoms in total. The highest BCUT2D eigenvalue weighted by molar-refractivity contribution is 5.93. The zero-order chi connectivity index (χ0) is 21.3. The standard InChI is InChI=1S/C26H32O4/c1-4-5-23-22-12-8-18-14-19(28)9-13-21(18)24(22)25(30-16-26(23,2)15-27)17-6-10-20(29-3)11-7-17/h6-7,10-11,14-15,22-23,25H,4-5,8-9,12-13,16H2,1-3H3. The third kappa shape index (κ3) is 3.66. The molecule has 2 aliphatic carbocycles. The van der Waals surface area contributed by atoms with Gasteiger partial charge in [-0.25, -0.2) is 0 Å². The van der Waals surface area contributed by atoms with Gasteiger partial charge in [-0.3, -0.25) is 4.79 Å². The van der Waals surface area contributed by atoms with E-state index >= 15 is 0 Å². The van der Waals surface area contributed by atoms with Crippen molar-refractivity contribution in [1.29, 1.82) is 0 Å². The van der Waals surface area contributed by atoms with E-state index in [0.717, 1.165) is 49.7 Å². The number of fused-ring (bicyclic) bond motifs is 2. The smallest absolute Gasteiger partial charge is 0.156 e. The van der Waals surface area contributed by atoms with E-state index in [0.29, 0.717) is 18.9 Å². The van der Waals surface area contributed by atoms with Gasteiger partial charge in [0.05, 0.1) is 13.7 Å². The molecule has 0 aromatic heterocycles. The third-order valence-electron chi connectivity index (χ3n) is 7.28. The first-order valence-electron chi connectivity index (χ1n) is 11.2. The van der Waals surface area contributed by atoms with Gasteiger partial charge in [-0.2, -0.15) is 0 Å². The summed E-state index contributed by atoms with van der Waals surface area (Å²) in [4.78, 5) is 24.4. The summed E-state index contributed by atoms with van der Waals surface area (Å²) >= 11 is 0. The van der Waals surface area contributed by atoms with Crippen LogP contribution in [-0.2, 0) is 14.3 Å². The Labute approximate surface area is 179 Å². The summed E-state index contributed by atoms with van der Waals surface area (Å²) in [5.41, 5.74) is 4.40. The number of carbonyl (C=O) groups excluding carboxylic acids is 2. The van der Waals surface area contributed by atoms with Gasteiger partial charge < -0.3 is 14.3 Å². The van der Waals surface area contributed by atoms with Crippen LogP contribution in [0, 0.1) is 17.3 Å². The molecule has 1 fully saturated rings. The van der Waals surface area contributed by atoms with Gasteiger partial charge in [-0.05, 0) is 78.0 Å². The second kappa shape index (κ2) is 8.50. The molecule has 1 aromatic rings. The van der Waals surface area contributed by atoms with E-state index < -0.39 is 5.41 Å². The van der Waals surface area contributed by atoms with E-state index in [4.69, 9.17) is 9.47 Å². The fourth-order valence-corrected chi connectivity index (χ4v) is 5.71. The summed E-state index contributed by atoms with van der Waals surface area (Å²) in [5, 5.41) is 0. The summed E-state index contributed by atoms with van der Waals surface area (Å²) in [6, 6.07) is 8.07. The number of ether oxygens (including phenoxy) is 2. The number of benzene rings is 1. The molecule has 4 atom stereocenters. The quantitative estimate of drug-likeness (QED) is 0.614. The number of rotatable bonds is 5. The van der Waals surface area contributed by atoms with E-state index in [1.165, 1.54) is 16.7 Å². The van der Waals surface area contributed by atoms with E-state index in [1.807, 2.05) is 18.2 Å². The van der Waals surface area contributed by atoms with Crippen molar-refractivity contribution in [3.63, 3.8) is 0 Å². The van der Waals surface area contributed by atoms with Gasteiger partial charge in [-0.15, -0.1) is 0 Å². The molecule has 0 N–H and O–H groups in total. The zero-order valence-corrected chi connectivity index (χ0v) is 18.3. The molecule has 1 saturated heterocycles. The van der Waals surface area contributed by atoms with E-state index in [9.17, 15) is 9.59 Å². The van der Waals surface area contributed by atoms with Gasteiger partial charge >= 0.3 is 0 Å². The lowest BCUT2D eigenvalue weighted by molar-refractivity contribution is -0.123. The Hall–Kier alpha value is -2.20. The Balaban J connectivity index is 1.88. The minimum atomic E-state index is -0.501. The normalized spacial score (nSPS) is 31.4. The monoisotopic (exact) mass is 408 g/mol. The number of ketones is 1. The van der Waals surface area contributed by atoms with E-state index in [-0.39, 0.29) is 17.8 Å². The van der Waals surface area contributed by atoms with Crippen LogP contribution in [0.1, 0.15) is 64.0 Å². The van der Waals surface area contributed by atoms with Crippen LogP contribution in [0.25, 0.3) is 0 Å². The highest BCUT2D eigenvalue weighted by atomic mass is 16.5. The van der Waals surface area contributed by atoms with Crippen LogP contribution in [0.2, 0.25) is 0 Å². The molecular formula is C26H32O4. The topological polar surface area (TPSA) is 52.6 Å². The van der Waals surface area contributed by atoms with Crippen molar-refractivity contribution in [1.82, 2.24) is 0 Å². The van der Waals surface area contributed by atoms with Crippen molar-refractivity contribution >= 4 is 12.1 Å². The first-order chi connectivity index (χ1) is 14.5. The maximum absolute atomic E-state index is 12.3. The third-order valence-corrected chi connectivity index (χ3v) is 7.28. The molecule has 0 spiro atoms. The number of carbonyl (C=O) groups is 2. The molecule has 30 heavy (non-hydrogen) atoms. The van der Waals surface area contributed by atoms with Crippen molar-refractivity contribution in [2.75, 3.05) is 13.7 Å². The first kappa shape index (κ1) is 21.0. The molecule has 4 unspecified atom stereocenters. The highest BCUT2D eigenvalue weighted by Gasteiger charge is 2.48. The summed E-state index contributed by atoms with van der Waals surface area (Å²) in [7, 11) is 1.67. The predicted molar refractivity (Wildman–Crippen MR) is 116 cm³/mol. The number of aldehydes is 1. The van der Waals surface area contributed by atoms with Crippen LogP contribution in [-0.4, -0.2) is 25.8 Å². The van der Waals surface area contributed by atoms with Crippen LogP contribution in [0.15, 0.2) is 47.1 Å². The van der Waals surface area contributed by atoms with Crippen molar-refractivity contribution < 1.29 is 19.1 Å². The second-order valence-electron chi connectivity index (χ2n) is 9.20. The van der Waals surface area contributed by atoms with Gasteiger partial charge in [0.2, 0.25) is 0 Å². The number of hydrogen-bond acceptors (Lipinski definition) is 4. The average Bonchev–Trinajstić information content (AvgIpc) is 2.89. The lowest BCUT2D eigenvalue weighted by Gasteiger charge is -2.41. The molecule has 0 amide bonds. The molecule has 0 saturated carbocycles. The van der Waals surface area contributed by atoms with Crippen molar-refractivity contribution in [3.05, 3.63) is 52.6 Å². The number of allylic oxidation sites excluding steroid dienone is 3. The largest absolute Gasteiger partial charge is 0.497 e. The van der Waals surface area contributed by atoms with Crippen LogP contribution in [0.4, 0.5) is 0 Å². The average molecular weight is 409 g/mol. The molecule has 160 valence electrons. The molecular weight excluding hydrogens is 376 g/mol. The molecule has 0 radical (unpaired) electrons. The lowest BCUT2D eigenvalue weighted by Crippen LogP contribution is -2.37. The molecule has 1 heterocycles. The predicted octanol–water partition coefficient (Wildman–Crippen LogP) is 5.38. The van der Waals surface area contributed by atoms with Crippen LogP contribution >= 0.6 is 0 Å². The fourth-order valence-electron chi connectivity index (χ4n) is 5.71. The second-order valence-corrected chi connectivity index (χ2v) is 9.20. The maximum Gasteiger partial charge on any atom is 0.156 e. The Morgan fingerprint density at radius 3 is 2.63 bits per heavy atom. The van der Waals surface area contributed by atoms with Gasteiger partial charge in [0.25, 0.3) is 0 Å².